The number of benzene rings is 2. The van der Waals surface area contributed by atoms with Gasteiger partial charge in [0.2, 0.25) is 5.95 Å². The summed E-state index contributed by atoms with van der Waals surface area (Å²) in [7, 11) is 4.02. The smallest absolute Gasteiger partial charge is 0.229 e. The van der Waals surface area contributed by atoms with Gasteiger partial charge in [0.15, 0.2) is 5.78 Å². The summed E-state index contributed by atoms with van der Waals surface area (Å²) in [4.78, 5) is 22.4. The van der Waals surface area contributed by atoms with Crippen LogP contribution in [-0.2, 0) is 0 Å². The minimum atomic E-state index is 0.0418. The Kier molecular flexibility index (Phi) is 5.35. The molecule has 6 nitrogen and oxygen atoms in total. The second kappa shape index (κ2) is 7.86. The zero-order chi connectivity index (χ0) is 19.4. The largest absolute Gasteiger partial charge is 0.378 e. The van der Waals surface area contributed by atoms with E-state index in [1.807, 2.05) is 63.5 Å². The molecule has 6 heteroatoms. The Morgan fingerprint density at radius 2 is 1.48 bits per heavy atom. The molecule has 0 aliphatic rings. The summed E-state index contributed by atoms with van der Waals surface area (Å²) in [6.45, 7) is 3.47. The zero-order valence-electron chi connectivity index (χ0n) is 15.9. The summed E-state index contributed by atoms with van der Waals surface area (Å²) < 4.78 is 0. The third kappa shape index (κ3) is 4.82. The summed E-state index contributed by atoms with van der Waals surface area (Å²) in [6, 6.07) is 17.3. The SMILES string of the molecule is CC(=O)c1ccc(Nc2nc(C)cc(Nc3ccc(N(C)C)cc3)n2)cc1. The van der Waals surface area contributed by atoms with Crippen molar-refractivity contribution in [2.45, 2.75) is 13.8 Å². The highest BCUT2D eigenvalue weighted by Crippen LogP contribution is 2.21. The van der Waals surface area contributed by atoms with Crippen LogP contribution in [0.2, 0.25) is 0 Å². The molecular formula is C21H23N5O. The molecule has 0 fully saturated rings. The number of Topliss-reactive ketones (excluding diaryl/α,β-unsaturated/α-hetero) is 1. The van der Waals surface area contributed by atoms with Crippen LogP contribution in [0.25, 0.3) is 0 Å². The number of carbonyl (C=O) groups excluding carboxylic acids is 1. The molecule has 0 aliphatic heterocycles. The number of ketones is 1. The van der Waals surface area contributed by atoms with Crippen LogP contribution in [0.5, 0.6) is 0 Å². The Balaban J connectivity index is 1.76. The van der Waals surface area contributed by atoms with Gasteiger partial charge < -0.3 is 15.5 Å². The lowest BCUT2D eigenvalue weighted by Gasteiger charge is -2.14. The van der Waals surface area contributed by atoms with Crippen molar-refractivity contribution in [3.63, 3.8) is 0 Å². The van der Waals surface area contributed by atoms with Gasteiger partial charge in [-0.05, 0) is 62.4 Å². The third-order valence-corrected chi connectivity index (χ3v) is 4.06. The van der Waals surface area contributed by atoms with Crippen LogP contribution >= 0.6 is 0 Å². The lowest BCUT2D eigenvalue weighted by molar-refractivity contribution is 0.101. The van der Waals surface area contributed by atoms with Crippen LogP contribution in [0.1, 0.15) is 23.0 Å². The van der Waals surface area contributed by atoms with E-state index in [2.05, 4.69) is 25.5 Å². The topological polar surface area (TPSA) is 70.2 Å². The van der Waals surface area contributed by atoms with Crippen LogP contribution in [-0.4, -0.2) is 29.8 Å². The molecule has 0 unspecified atom stereocenters. The van der Waals surface area contributed by atoms with E-state index in [0.717, 1.165) is 22.8 Å². The summed E-state index contributed by atoms with van der Waals surface area (Å²) in [5.74, 6) is 1.25. The van der Waals surface area contributed by atoms with Crippen LogP contribution in [0.3, 0.4) is 0 Å². The number of nitrogens with one attached hydrogen (secondary N) is 2. The highest BCUT2D eigenvalue weighted by Gasteiger charge is 2.05. The molecule has 3 aromatic rings. The van der Waals surface area contributed by atoms with Crippen molar-refractivity contribution >= 4 is 34.6 Å². The van der Waals surface area contributed by atoms with E-state index in [1.54, 1.807) is 19.1 Å². The molecule has 0 atom stereocenters. The Hall–Kier alpha value is -3.41. The van der Waals surface area contributed by atoms with Gasteiger partial charge in [0.05, 0.1) is 0 Å². The van der Waals surface area contributed by atoms with Gasteiger partial charge in [0.25, 0.3) is 0 Å². The molecule has 0 bridgehead atoms. The minimum Gasteiger partial charge on any atom is -0.378 e. The van der Waals surface area contributed by atoms with E-state index < -0.39 is 0 Å². The molecule has 0 spiro atoms. The first-order valence-electron chi connectivity index (χ1n) is 8.69. The highest BCUT2D eigenvalue weighted by atomic mass is 16.1. The predicted molar refractivity (Wildman–Crippen MR) is 111 cm³/mol. The number of nitrogens with zero attached hydrogens (tertiary/aromatic N) is 3. The van der Waals surface area contributed by atoms with Gasteiger partial charge in [-0.3, -0.25) is 4.79 Å². The number of anilines is 5. The van der Waals surface area contributed by atoms with Crippen molar-refractivity contribution in [1.29, 1.82) is 0 Å². The molecule has 0 aliphatic carbocycles. The molecule has 3 rings (SSSR count). The lowest BCUT2D eigenvalue weighted by Crippen LogP contribution is -2.08. The third-order valence-electron chi connectivity index (χ3n) is 4.06. The van der Waals surface area contributed by atoms with Crippen LogP contribution in [0.4, 0.5) is 28.8 Å². The minimum absolute atomic E-state index is 0.0418. The molecule has 0 saturated heterocycles. The van der Waals surface area contributed by atoms with Gasteiger partial charge >= 0.3 is 0 Å². The summed E-state index contributed by atoms with van der Waals surface area (Å²) in [5.41, 5.74) is 4.44. The Morgan fingerprint density at radius 3 is 2.07 bits per heavy atom. The first-order valence-corrected chi connectivity index (χ1v) is 8.69. The van der Waals surface area contributed by atoms with Crippen molar-refractivity contribution in [2.75, 3.05) is 29.6 Å². The maximum Gasteiger partial charge on any atom is 0.229 e. The quantitative estimate of drug-likeness (QED) is 0.628. The van der Waals surface area contributed by atoms with Crippen LogP contribution in [0, 0.1) is 6.92 Å². The molecule has 27 heavy (non-hydrogen) atoms. The van der Waals surface area contributed by atoms with Crippen molar-refractivity contribution in [3.05, 3.63) is 65.9 Å². The molecule has 0 saturated carbocycles. The fourth-order valence-corrected chi connectivity index (χ4v) is 2.60. The molecule has 2 N–H and O–H groups in total. The Labute approximate surface area is 159 Å². The number of aromatic nitrogens is 2. The standard InChI is InChI=1S/C21H23N5O/c1-14-13-20(23-17-9-11-19(12-10-17)26(3)4)25-21(22-14)24-18-7-5-16(6-8-18)15(2)27/h5-13H,1-4H3,(H2,22,23,24,25). The normalized spacial score (nSPS) is 10.4. The lowest BCUT2D eigenvalue weighted by atomic mass is 10.1. The van der Waals surface area contributed by atoms with Gasteiger partial charge in [-0.2, -0.15) is 4.98 Å². The summed E-state index contributed by atoms with van der Waals surface area (Å²) in [5, 5.41) is 6.49. The first-order chi connectivity index (χ1) is 12.9. The van der Waals surface area contributed by atoms with Crippen LogP contribution < -0.4 is 15.5 Å². The van der Waals surface area contributed by atoms with Gasteiger partial charge in [-0.25, -0.2) is 4.98 Å². The number of hydrogen-bond donors (Lipinski definition) is 2. The van der Waals surface area contributed by atoms with Crippen molar-refractivity contribution in [1.82, 2.24) is 9.97 Å². The molecule has 0 radical (unpaired) electrons. The molecule has 1 heterocycles. The molecule has 1 aromatic heterocycles. The summed E-state index contributed by atoms with van der Waals surface area (Å²) >= 11 is 0. The van der Waals surface area contributed by atoms with Gasteiger partial charge in [0, 0.05) is 48.5 Å². The van der Waals surface area contributed by atoms with Gasteiger partial charge in [-0.15, -0.1) is 0 Å². The van der Waals surface area contributed by atoms with Gasteiger partial charge in [-0.1, -0.05) is 0 Å². The number of carbonyl (C=O) groups is 1. The highest BCUT2D eigenvalue weighted by molar-refractivity contribution is 5.94. The summed E-state index contributed by atoms with van der Waals surface area (Å²) in [6.07, 6.45) is 0. The number of rotatable bonds is 6. The maximum absolute atomic E-state index is 11.4. The van der Waals surface area contributed by atoms with E-state index in [9.17, 15) is 4.79 Å². The van der Waals surface area contributed by atoms with Crippen molar-refractivity contribution in [2.24, 2.45) is 0 Å². The second-order valence-corrected chi connectivity index (χ2v) is 6.54. The zero-order valence-corrected chi connectivity index (χ0v) is 15.9. The fraction of sp³-hybridized carbons (Fsp3) is 0.190. The Bertz CT molecular complexity index is 934. The Morgan fingerprint density at radius 1 is 0.889 bits per heavy atom. The van der Waals surface area contributed by atoms with Crippen molar-refractivity contribution < 1.29 is 4.79 Å². The average Bonchev–Trinajstić information content (AvgIpc) is 2.62. The molecule has 138 valence electrons. The number of hydrogen-bond acceptors (Lipinski definition) is 6. The van der Waals surface area contributed by atoms with E-state index >= 15 is 0 Å². The monoisotopic (exact) mass is 361 g/mol. The predicted octanol–water partition coefficient (Wildman–Crippen LogP) is 4.54. The van der Waals surface area contributed by atoms with E-state index in [4.69, 9.17) is 0 Å². The van der Waals surface area contributed by atoms with E-state index in [0.29, 0.717) is 17.3 Å². The average molecular weight is 361 g/mol. The van der Waals surface area contributed by atoms with Crippen LogP contribution in [0.15, 0.2) is 54.6 Å². The first kappa shape index (κ1) is 18.4. The fourth-order valence-electron chi connectivity index (χ4n) is 2.60. The molecule has 0 amide bonds. The van der Waals surface area contributed by atoms with E-state index in [1.165, 1.54) is 0 Å². The molecular weight excluding hydrogens is 338 g/mol. The van der Waals surface area contributed by atoms with Crippen molar-refractivity contribution in [3.8, 4) is 0 Å². The number of aryl methyl sites for hydroxylation is 1. The molecule has 2 aromatic carbocycles. The second-order valence-electron chi connectivity index (χ2n) is 6.54. The maximum atomic E-state index is 11.4. The van der Waals surface area contributed by atoms with Gasteiger partial charge in [0.1, 0.15) is 5.82 Å². The van der Waals surface area contributed by atoms with E-state index in [-0.39, 0.29) is 5.78 Å².